The van der Waals surface area contributed by atoms with Crippen LogP contribution in [-0.4, -0.2) is 10.5 Å². The second kappa shape index (κ2) is 6.55. The first kappa shape index (κ1) is 17.0. The fourth-order valence-electron chi connectivity index (χ4n) is 3.21. The quantitative estimate of drug-likeness (QED) is 0.780. The molecule has 128 valence electrons. The van der Waals surface area contributed by atoms with E-state index in [1.54, 1.807) is 18.2 Å². The summed E-state index contributed by atoms with van der Waals surface area (Å²) in [6, 6.07) is 12.8. The smallest absolute Gasteiger partial charge is 0.255 e. The Labute approximate surface area is 147 Å². The molecule has 0 unspecified atom stereocenters. The maximum Gasteiger partial charge on any atom is 0.255 e. The summed E-state index contributed by atoms with van der Waals surface area (Å²) in [6.07, 6.45) is 0. The zero-order chi connectivity index (χ0) is 18.1. The van der Waals surface area contributed by atoms with Crippen LogP contribution >= 0.6 is 0 Å². The van der Waals surface area contributed by atoms with Gasteiger partial charge in [0.25, 0.3) is 5.91 Å². The van der Waals surface area contributed by atoms with Gasteiger partial charge in [0.2, 0.25) is 0 Å². The molecule has 2 aromatic carbocycles. The first-order valence-corrected chi connectivity index (χ1v) is 8.43. The lowest BCUT2D eigenvalue weighted by Crippen LogP contribution is -2.15. The van der Waals surface area contributed by atoms with Crippen LogP contribution in [0.25, 0.3) is 10.9 Å². The van der Waals surface area contributed by atoms with Crippen LogP contribution in [0.4, 0.5) is 5.69 Å². The molecule has 0 saturated heterocycles. The highest BCUT2D eigenvalue weighted by Gasteiger charge is 2.12. The fourth-order valence-corrected chi connectivity index (χ4v) is 3.21. The number of benzene rings is 2. The number of carbonyl (C=O) groups excluding carboxylic acids is 1. The van der Waals surface area contributed by atoms with E-state index in [0.717, 1.165) is 34.6 Å². The van der Waals surface area contributed by atoms with E-state index in [0.29, 0.717) is 10.9 Å². The van der Waals surface area contributed by atoms with Crippen molar-refractivity contribution in [2.24, 2.45) is 0 Å². The van der Waals surface area contributed by atoms with Gasteiger partial charge in [-0.1, -0.05) is 17.7 Å². The molecule has 0 radical (unpaired) electrons. The molecule has 25 heavy (non-hydrogen) atoms. The van der Waals surface area contributed by atoms with Crippen LogP contribution in [0.1, 0.15) is 34.1 Å². The second-order valence-electron chi connectivity index (χ2n) is 6.40. The van der Waals surface area contributed by atoms with Gasteiger partial charge in [0.05, 0.1) is 5.52 Å². The number of rotatable bonds is 3. The predicted octanol–water partition coefficient (Wildman–Crippen LogP) is 4.20. The summed E-state index contributed by atoms with van der Waals surface area (Å²) in [5, 5.41) is 3.50. The third-order valence-electron chi connectivity index (χ3n) is 4.53. The number of nitrogens with one attached hydrogen (secondary N) is 1. The van der Waals surface area contributed by atoms with Crippen LogP contribution in [0.5, 0.6) is 0 Å². The van der Waals surface area contributed by atoms with E-state index in [4.69, 9.17) is 0 Å². The van der Waals surface area contributed by atoms with E-state index in [1.165, 1.54) is 0 Å². The average Bonchev–Trinajstić information content (AvgIpc) is 2.57. The summed E-state index contributed by atoms with van der Waals surface area (Å²) in [6.45, 7) is 8.72. The lowest BCUT2D eigenvalue weighted by molar-refractivity contribution is 0.102. The Morgan fingerprint density at radius 1 is 1.04 bits per heavy atom. The zero-order valence-electron chi connectivity index (χ0n) is 15.0. The molecule has 1 N–H and O–H groups in total. The van der Waals surface area contributed by atoms with E-state index >= 15 is 0 Å². The minimum Gasteiger partial charge on any atom is -0.345 e. The molecular formula is C21H22N2O2. The SMILES string of the molecule is CCn1c(C)cc(=O)c2cc(C(=O)Nc3ccc(C)cc3C)ccc21. The average molecular weight is 334 g/mol. The number of nitrogens with zero attached hydrogens (tertiary/aromatic N) is 1. The molecule has 1 aromatic heterocycles. The highest BCUT2D eigenvalue weighted by atomic mass is 16.1. The number of carbonyl (C=O) groups is 1. The van der Waals surface area contributed by atoms with Gasteiger partial charge in [-0.25, -0.2) is 0 Å². The summed E-state index contributed by atoms with van der Waals surface area (Å²) < 4.78 is 2.07. The van der Waals surface area contributed by atoms with Crippen molar-refractivity contribution in [3.05, 3.63) is 75.1 Å². The Bertz CT molecular complexity index is 1030. The number of hydrogen-bond donors (Lipinski definition) is 1. The van der Waals surface area contributed by atoms with E-state index < -0.39 is 0 Å². The first-order valence-electron chi connectivity index (χ1n) is 8.43. The highest BCUT2D eigenvalue weighted by molar-refractivity contribution is 6.06. The van der Waals surface area contributed by atoms with Crippen LogP contribution in [0.15, 0.2) is 47.3 Å². The molecular weight excluding hydrogens is 312 g/mol. The predicted molar refractivity (Wildman–Crippen MR) is 102 cm³/mol. The molecule has 0 aliphatic rings. The summed E-state index contributed by atoms with van der Waals surface area (Å²) in [4.78, 5) is 25.0. The van der Waals surface area contributed by atoms with Crippen molar-refractivity contribution in [2.45, 2.75) is 34.2 Å². The standard InChI is InChI=1S/C21H22N2O2/c1-5-23-15(4)11-20(24)17-12-16(7-9-19(17)23)21(25)22-18-8-6-13(2)10-14(18)3/h6-12H,5H2,1-4H3,(H,22,25). The summed E-state index contributed by atoms with van der Waals surface area (Å²) in [5.41, 5.74) is 5.15. The van der Waals surface area contributed by atoms with Gasteiger partial charge in [-0.15, -0.1) is 0 Å². The van der Waals surface area contributed by atoms with E-state index in [-0.39, 0.29) is 11.3 Å². The first-order chi connectivity index (χ1) is 11.9. The zero-order valence-corrected chi connectivity index (χ0v) is 15.0. The molecule has 0 atom stereocenters. The second-order valence-corrected chi connectivity index (χ2v) is 6.40. The van der Waals surface area contributed by atoms with E-state index in [1.807, 2.05) is 52.0 Å². The Balaban J connectivity index is 2.01. The van der Waals surface area contributed by atoms with Gasteiger partial charge in [0.15, 0.2) is 5.43 Å². The molecule has 3 rings (SSSR count). The van der Waals surface area contributed by atoms with Crippen LogP contribution in [0.2, 0.25) is 0 Å². The number of amides is 1. The van der Waals surface area contributed by atoms with Crippen molar-refractivity contribution in [2.75, 3.05) is 5.32 Å². The molecule has 0 fully saturated rings. The maximum atomic E-state index is 12.6. The van der Waals surface area contributed by atoms with Crippen molar-refractivity contribution >= 4 is 22.5 Å². The van der Waals surface area contributed by atoms with Crippen LogP contribution in [0, 0.1) is 20.8 Å². The van der Waals surface area contributed by atoms with Gasteiger partial charge >= 0.3 is 0 Å². The number of aryl methyl sites for hydroxylation is 4. The number of fused-ring (bicyclic) bond motifs is 1. The lowest BCUT2D eigenvalue weighted by atomic mass is 10.1. The Morgan fingerprint density at radius 2 is 1.80 bits per heavy atom. The Kier molecular flexibility index (Phi) is 4.45. The summed E-state index contributed by atoms with van der Waals surface area (Å²) >= 11 is 0. The number of anilines is 1. The third-order valence-corrected chi connectivity index (χ3v) is 4.53. The summed E-state index contributed by atoms with van der Waals surface area (Å²) in [5.74, 6) is -0.211. The summed E-state index contributed by atoms with van der Waals surface area (Å²) in [7, 11) is 0. The molecule has 4 heteroatoms. The Hall–Kier alpha value is -2.88. The van der Waals surface area contributed by atoms with Crippen molar-refractivity contribution in [1.29, 1.82) is 0 Å². The molecule has 0 aliphatic carbocycles. The molecule has 3 aromatic rings. The number of hydrogen-bond acceptors (Lipinski definition) is 2. The van der Waals surface area contributed by atoms with Gasteiger partial charge in [-0.2, -0.15) is 0 Å². The van der Waals surface area contributed by atoms with Crippen molar-refractivity contribution in [3.8, 4) is 0 Å². The van der Waals surface area contributed by atoms with Crippen LogP contribution in [-0.2, 0) is 6.54 Å². The van der Waals surface area contributed by atoms with Gasteiger partial charge in [-0.3, -0.25) is 9.59 Å². The van der Waals surface area contributed by atoms with Crippen molar-refractivity contribution in [3.63, 3.8) is 0 Å². The minimum atomic E-state index is -0.211. The van der Waals surface area contributed by atoms with Gasteiger partial charge in [0.1, 0.15) is 0 Å². The maximum absolute atomic E-state index is 12.6. The van der Waals surface area contributed by atoms with E-state index in [9.17, 15) is 9.59 Å². The molecule has 1 amide bonds. The molecule has 0 spiro atoms. The normalized spacial score (nSPS) is 10.9. The van der Waals surface area contributed by atoms with Crippen molar-refractivity contribution in [1.82, 2.24) is 4.57 Å². The molecule has 0 saturated carbocycles. The monoisotopic (exact) mass is 334 g/mol. The van der Waals surface area contributed by atoms with Gasteiger partial charge in [0, 0.05) is 34.9 Å². The number of aromatic nitrogens is 1. The minimum absolute atomic E-state index is 0.0571. The lowest BCUT2D eigenvalue weighted by Gasteiger charge is -2.13. The molecule has 4 nitrogen and oxygen atoms in total. The third kappa shape index (κ3) is 3.20. The largest absolute Gasteiger partial charge is 0.345 e. The van der Waals surface area contributed by atoms with Crippen LogP contribution in [0.3, 0.4) is 0 Å². The highest BCUT2D eigenvalue weighted by Crippen LogP contribution is 2.19. The van der Waals surface area contributed by atoms with Crippen LogP contribution < -0.4 is 10.7 Å². The van der Waals surface area contributed by atoms with E-state index in [2.05, 4.69) is 9.88 Å². The molecule has 0 aliphatic heterocycles. The molecule has 0 bridgehead atoms. The van der Waals surface area contributed by atoms with Gasteiger partial charge in [-0.05, 0) is 57.5 Å². The van der Waals surface area contributed by atoms with Gasteiger partial charge < -0.3 is 9.88 Å². The fraction of sp³-hybridized carbons (Fsp3) is 0.238. The molecule has 1 heterocycles. The van der Waals surface area contributed by atoms with Crippen molar-refractivity contribution < 1.29 is 4.79 Å². The Morgan fingerprint density at radius 3 is 2.48 bits per heavy atom. The number of pyridine rings is 1. The topological polar surface area (TPSA) is 51.1 Å².